The Labute approximate surface area is 261 Å². The number of ether oxygens (including phenoxy) is 2. The summed E-state index contributed by atoms with van der Waals surface area (Å²) >= 11 is 0. The van der Waals surface area contributed by atoms with Gasteiger partial charge < -0.3 is 14.6 Å². The minimum atomic E-state index is -0.953. The van der Waals surface area contributed by atoms with Crippen molar-refractivity contribution in [3.63, 3.8) is 0 Å². The molecule has 0 aromatic heterocycles. The minimum Gasteiger partial charge on any atom is -0.463 e. The lowest BCUT2D eigenvalue weighted by molar-refractivity contribution is -0.152. The normalized spacial score (nSPS) is 12.0. The molecule has 0 aliphatic carbocycles. The van der Waals surface area contributed by atoms with Crippen molar-refractivity contribution < 1.29 is 24.2 Å². The van der Waals surface area contributed by atoms with E-state index in [2.05, 4.69) is 13.8 Å². The van der Waals surface area contributed by atoms with E-state index in [1.807, 2.05) is 0 Å². The molecule has 0 radical (unpaired) electrons. The third-order valence-electron chi connectivity index (χ3n) is 8.34. The molecule has 0 aliphatic rings. The first-order chi connectivity index (χ1) is 20.6. The summed E-state index contributed by atoms with van der Waals surface area (Å²) in [5.41, 5.74) is 0. The fraction of sp³-hybridized carbons (Fsp3) is 0.946. The van der Waals surface area contributed by atoms with Gasteiger partial charge in [0.1, 0.15) is 19.3 Å². The minimum absolute atomic E-state index is 0.108. The van der Waals surface area contributed by atoms with E-state index < -0.39 is 6.10 Å². The van der Waals surface area contributed by atoms with E-state index in [1.165, 1.54) is 154 Å². The molecule has 250 valence electrons. The largest absolute Gasteiger partial charge is 0.463 e. The zero-order valence-electron chi connectivity index (χ0n) is 28.3. The van der Waals surface area contributed by atoms with Gasteiger partial charge in [-0.05, 0) is 12.8 Å². The number of unbranched alkanes of at least 4 members (excludes halogenated alkanes) is 26. The van der Waals surface area contributed by atoms with Crippen LogP contribution in [0.15, 0.2) is 0 Å². The summed E-state index contributed by atoms with van der Waals surface area (Å²) < 4.78 is 10.3. The number of aliphatic hydroxyl groups is 1. The van der Waals surface area contributed by atoms with Gasteiger partial charge in [-0.2, -0.15) is 0 Å². The Balaban J connectivity index is 3.38. The zero-order chi connectivity index (χ0) is 30.8. The lowest BCUT2D eigenvalue weighted by atomic mass is 10.0. The van der Waals surface area contributed by atoms with Crippen molar-refractivity contribution in [1.82, 2.24) is 0 Å². The maximum atomic E-state index is 11.9. The molecule has 1 atom stereocenters. The Morgan fingerprint density at radius 2 is 0.619 bits per heavy atom. The standard InChI is InChI=1S/C37H72O5/c1-3-5-7-9-11-13-15-17-18-19-20-22-24-26-28-30-32-37(40)42-34-35(38)33-41-36(39)31-29-27-25-23-21-16-14-12-10-8-6-4-2/h35,38H,3-34H2,1-2H3/t35-/m1/s1. The third-order valence-corrected chi connectivity index (χ3v) is 8.34. The van der Waals surface area contributed by atoms with E-state index in [4.69, 9.17) is 9.47 Å². The van der Waals surface area contributed by atoms with Gasteiger partial charge in [0.15, 0.2) is 0 Å². The topological polar surface area (TPSA) is 72.8 Å². The Hall–Kier alpha value is -1.10. The first-order valence-electron chi connectivity index (χ1n) is 18.6. The van der Waals surface area contributed by atoms with Crippen molar-refractivity contribution in [3.05, 3.63) is 0 Å². The highest BCUT2D eigenvalue weighted by atomic mass is 16.6. The Bertz CT molecular complexity index is 564. The smallest absolute Gasteiger partial charge is 0.305 e. The van der Waals surface area contributed by atoms with Crippen molar-refractivity contribution in [2.24, 2.45) is 0 Å². The highest BCUT2D eigenvalue weighted by Crippen LogP contribution is 2.15. The van der Waals surface area contributed by atoms with Crippen LogP contribution in [0.5, 0.6) is 0 Å². The first-order valence-corrected chi connectivity index (χ1v) is 18.6. The molecule has 0 aliphatic heterocycles. The monoisotopic (exact) mass is 597 g/mol. The molecule has 0 bridgehead atoms. The summed E-state index contributed by atoms with van der Waals surface area (Å²) in [5, 5.41) is 9.98. The van der Waals surface area contributed by atoms with Gasteiger partial charge in [0, 0.05) is 12.8 Å². The number of aliphatic hydroxyl groups excluding tert-OH is 1. The van der Waals surface area contributed by atoms with Crippen LogP contribution in [0.25, 0.3) is 0 Å². The number of hydrogen-bond acceptors (Lipinski definition) is 5. The van der Waals surface area contributed by atoms with Gasteiger partial charge >= 0.3 is 11.9 Å². The molecule has 0 aromatic rings. The summed E-state index contributed by atoms with van der Waals surface area (Å²) in [6, 6.07) is 0. The Morgan fingerprint density at radius 3 is 0.857 bits per heavy atom. The molecule has 5 heteroatoms. The van der Waals surface area contributed by atoms with Crippen LogP contribution < -0.4 is 0 Å². The van der Waals surface area contributed by atoms with Crippen LogP contribution in [-0.2, 0) is 19.1 Å². The SMILES string of the molecule is CCCCCCCCCCCCCCCCCCC(=O)OC[C@H](O)COC(=O)CCCCCCCCCCCCCC. The number of carbonyl (C=O) groups is 2. The van der Waals surface area contributed by atoms with Crippen molar-refractivity contribution in [1.29, 1.82) is 0 Å². The summed E-state index contributed by atoms with van der Waals surface area (Å²) in [4.78, 5) is 23.8. The molecular formula is C37H72O5. The second-order valence-electron chi connectivity index (χ2n) is 12.7. The predicted octanol–water partition coefficient (Wildman–Crippen LogP) is 11.2. The molecule has 42 heavy (non-hydrogen) atoms. The van der Waals surface area contributed by atoms with E-state index >= 15 is 0 Å². The van der Waals surface area contributed by atoms with Crippen molar-refractivity contribution in [3.8, 4) is 0 Å². The molecule has 5 nitrogen and oxygen atoms in total. The highest BCUT2D eigenvalue weighted by molar-refractivity contribution is 5.69. The molecule has 0 amide bonds. The molecule has 0 saturated heterocycles. The molecule has 0 rings (SSSR count). The van der Waals surface area contributed by atoms with Crippen LogP contribution in [0.1, 0.15) is 206 Å². The number of rotatable bonds is 34. The van der Waals surface area contributed by atoms with Gasteiger partial charge in [0.25, 0.3) is 0 Å². The van der Waals surface area contributed by atoms with E-state index in [1.54, 1.807) is 0 Å². The number of esters is 2. The lowest BCUT2D eigenvalue weighted by Crippen LogP contribution is -2.25. The van der Waals surface area contributed by atoms with E-state index in [-0.39, 0.29) is 25.2 Å². The summed E-state index contributed by atoms with van der Waals surface area (Å²) in [5.74, 6) is -0.553. The third kappa shape index (κ3) is 33.4. The fourth-order valence-corrected chi connectivity index (χ4v) is 5.50. The molecular weight excluding hydrogens is 524 g/mol. The van der Waals surface area contributed by atoms with Gasteiger partial charge in [0.05, 0.1) is 0 Å². The number of hydrogen-bond donors (Lipinski definition) is 1. The molecule has 0 unspecified atom stereocenters. The number of carbonyl (C=O) groups excluding carboxylic acids is 2. The average molecular weight is 597 g/mol. The molecule has 0 fully saturated rings. The van der Waals surface area contributed by atoms with Crippen LogP contribution in [-0.4, -0.2) is 36.4 Å². The first kappa shape index (κ1) is 40.9. The maximum Gasteiger partial charge on any atom is 0.305 e. The summed E-state index contributed by atoms with van der Waals surface area (Å²) in [6.45, 7) is 4.31. The van der Waals surface area contributed by atoms with Crippen LogP contribution in [0.3, 0.4) is 0 Å². The average Bonchev–Trinajstić information content (AvgIpc) is 2.99. The van der Waals surface area contributed by atoms with Gasteiger partial charge in [-0.3, -0.25) is 9.59 Å². The molecule has 1 N–H and O–H groups in total. The Morgan fingerprint density at radius 1 is 0.405 bits per heavy atom. The van der Waals surface area contributed by atoms with E-state index in [9.17, 15) is 14.7 Å². The van der Waals surface area contributed by atoms with Crippen molar-refractivity contribution >= 4 is 11.9 Å². The van der Waals surface area contributed by atoms with Crippen LogP contribution >= 0.6 is 0 Å². The molecule has 0 saturated carbocycles. The van der Waals surface area contributed by atoms with Crippen molar-refractivity contribution in [2.75, 3.05) is 13.2 Å². The zero-order valence-corrected chi connectivity index (χ0v) is 28.3. The summed E-state index contributed by atoms with van der Waals surface area (Å²) in [7, 11) is 0. The lowest BCUT2D eigenvalue weighted by Gasteiger charge is -2.12. The van der Waals surface area contributed by atoms with E-state index in [0.717, 1.165) is 25.7 Å². The quantitative estimate of drug-likeness (QED) is 0.0591. The molecule has 0 spiro atoms. The second-order valence-corrected chi connectivity index (χ2v) is 12.7. The van der Waals surface area contributed by atoms with Gasteiger partial charge in [-0.15, -0.1) is 0 Å². The molecule has 0 aromatic carbocycles. The Kier molecular flexibility index (Phi) is 33.5. The summed E-state index contributed by atoms with van der Waals surface area (Å²) in [6.07, 6.45) is 35.8. The van der Waals surface area contributed by atoms with Gasteiger partial charge in [-0.25, -0.2) is 0 Å². The van der Waals surface area contributed by atoms with Crippen LogP contribution in [0.2, 0.25) is 0 Å². The van der Waals surface area contributed by atoms with Gasteiger partial charge in [0.2, 0.25) is 0 Å². The van der Waals surface area contributed by atoms with Crippen LogP contribution in [0, 0.1) is 0 Å². The maximum absolute atomic E-state index is 11.9. The molecule has 0 heterocycles. The van der Waals surface area contributed by atoms with E-state index in [0.29, 0.717) is 12.8 Å². The van der Waals surface area contributed by atoms with Gasteiger partial charge in [-0.1, -0.05) is 181 Å². The fourth-order valence-electron chi connectivity index (χ4n) is 5.50. The second kappa shape index (κ2) is 34.4. The van der Waals surface area contributed by atoms with Crippen molar-refractivity contribution in [2.45, 2.75) is 213 Å². The highest BCUT2D eigenvalue weighted by Gasteiger charge is 2.12. The predicted molar refractivity (Wildman–Crippen MR) is 178 cm³/mol. The van der Waals surface area contributed by atoms with Crippen LogP contribution in [0.4, 0.5) is 0 Å².